The average Bonchev–Trinajstić information content (AvgIpc) is 2.50. The number of carboxylic acid groups (broad SMARTS) is 1. The van der Waals surface area contributed by atoms with Crippen LogP contribution in [0.2, 0.25) is 0 Å². The molecule has 0 aromatic carbocycles. The van der Waals surface area contributed by atoms with Crippen LogP contribution in [-0.4, -0.2) is 17.1 Å². The van der Waals surface area contributed by atoms with E-state index in [1.54, 1.807) is 6.07 Å². The van der Waals surface area contributed by atoms with Gasteiger partial charge in [-0.3, -0.25) is 0 Å². The minimum absolute atomic E-state index is 0.0430. The maximum Gasteiger partial charge on any atom is 0.371 e. The molecule has 1 aromatic heterocycles. The third kappa shape index (κ3) is 3.01. The summed E-state index contributed by atoms with van der Waals surface area (Å²) in [7, 11) is 0. The SMILES string of the molecule is CC(Nc1ccc(C(=O)O)o1)C(C)(C)C. The van der Waals surface area contributed by atoms with Crippen molar-refractivity contribution in [2.45, 2.75) is 33.7 Å². The Labute approximate surface area is 89.3 Å². The fourth-order valence-electron chi connectivity index (χ4n) is 0.960. The quantitative estimate of drug-likeness (QED) is 0.807. The van der Waals surface area contributed by atoms with Gasteiger partial charge >= 0.3 is 5.97 Å². The second-order valence-corrected chi connectivity index (χ2v) is 4.70. The van der Waals surface area contributed by atoms with Crippen LogP contribution in [0.15, 0.2) is 16.5 Å². The second-order valence-electron chi connectivity index (χ2n) is 4.70. The zero-order valence-electron chi connectivity index (χ0n) is 9.50. The molecule has 0 spiro atoms. The monoisotopic (exact) mass is 211 g/mol. The van der Waals surface area contributed by atoms with E-state index in [1.165, 1.54) is 6.07 Å². The predicted molar refractivity (Wildman–Crippen MR) is 58.2 cm³/mol. The summed E-state index contributed by atoms with van der Waals surface area (Å²) in [5, 5.41) is 11.8. The van der Waals surface area contributed by atoms with Crippen molar-refractivity contribution in [3.63, 3.8) is 0 Å². The van der Waals surface area contributed by atoms with Crippen molar-refractivity contribution >= 4 is 11.9 Å². The van der Waals surface area contributed by atoms with Crippen molar-refractivity contribution in [3.8, 4) is 0 Å². The van der Waals surface area contributed by atoms with Crippen LogP contribution in [0.4, 0.5) is 5.88 Å². The first-order chi connectivity index (χ1) is 6.80. The molecule has 1 atom stereocenters. The normalized spacial score (nSPS) is 13.6. The molecule has 0 aliphatic rings. The van der Waals surface area contributed by atoms with E-state index in [0.29, 0.717) is 5.88 Å². The summed E-state index contributed by atoms with van der Waals surface area (Å²) in [6, 6.07) is 3.27. The van der Waals surface area contributed by atoms with Crippen LogP contribution in [0.1, 0.15) is 38.2 Å². The molecule has 4 nitrogen and oxygen atoms in total. The Balaban J connectivity index is 2.69. The van der Waals surface area contributed by atoms with Gasteiger partial charge in [0.05, 0.1) is 0 Å². The summed E-state index contributed by atoms with van der Waals surface area (Å²) in [4.78, 5) is 10.6. The Morgan fingerprint density at radius 2 is 2.07 bits per heavy atom. The van der Waals surface area contributed by atoms with Gasteiger partial charge in [-0.2, -0.15) is 0 Å². The first kappa shape index (κ1) is 11.6. The van der Waals surface area contributed by atoms with Gasteiger partial charge in [-0.05, 0) is 18.4 Å². The van der Waals surface area contributed by atoms with Crippen molar-refractivity contribution in [1.82, 2.24) is 0 Å². The third-order valence-corrected chi connectivity index (χ3v) is 2.47. The Bertz CT molecular complexity index is 349. The van der Waals surface area contributed by atoms with Gasteiger partial charge in [-0.15, -0.1) is 0 Å². The maximum absolute atomic E-state index is 10.6. The summed E-state index contributed by atoms with van der Waals surface area (Å²) in [6.45, 7) is 8.34. The van der Waals surface area contributed by atoms with E-state index in [4.69, 9.17) is 9.52 Å². The van der Waals surface area contributed by atoms with Crippen LogP contribution >= 0.6 is 0 Å². The van der Waals surface area contributed by atoms with E-state index in [-0.39, 0.29) is 17.2 Å². The molecule has 4 heteroatoms. The highest BCUT2D eigenvalue weighted by atomic mass is 16.4. The van der Waals surface area contributed by atoms with Crippen LogP contribution in [0.5, 0.6) is 0 Å². The fourth-order valence-corrected chi connectivity index (χ4v) is 0.960. The van der Waals surface area contributed by atoms with Crippen molar-refractivity contribution < 1.29 is 14.3 Å². The van der Waals surface area contributed by atoms with Crippen LogP contribution in [0.25, 0.3) is 0 Å². The minimum atomic E-state index is -1.05. The lowest BCUT2D eigenvalue weighted by molar-refractivity contribution is 0.0663. The highest BCUT2D eigenvalue weighted by Gasteiger charge is 2.21. The molecule has 0 amide bonds. The maximum atomic E-state index is 10.6. The van der Waals surface area contributed by atoms with Gasteiger partial charge in [0.2, 0.25) is 5.76 Å². The molecule has 0 saturated carbocycles. The van der Waals surface area contributed by atoms with Gasteiger partial charge in [0.1, 0.15) is 0 Å². The van der Waals surface area contributed by atoms with E-state index in [0.717, 1.165) is 0 Å². The summed E-state index contributed by atoms with van der Waals surface area (Å²) in [5.41, 5.74) is 0.0934. The largest absolute Gasteiger partial charge is 0.475 e. The number of hydrogen-bond donors (Lipinski definition) is 2. The van der Waals surface area contributed by atoms with Gasteiger partial charge in [0.15, 0.2) is 5.88 Å². The Morgan fingerprint density at radius 3 is 2.47 bits per heavy atom. The third-order valence-electron chi connectivity index (χ3n) is 2.47. The first-order valence-electron chi connectivity index (χ1n) is 4.90. The number of aromatic carboxylic acids is 1. The lowest BCUT2D eigenvalue weighted by atomic mass is 9.88. The van der Waals surface area contributed by atoms with Crippen molar-refractivity contribution in [2.75, 3.05) is 5.32 Å². The molecular weight excluding hydrogens is 194 g/mol. The standard InChI is InChI=1S/C11H17NO3/c1-7(11(2,3)4)12-9-6-5-8(15-9)10(13)14/h5-7,12H,1-4H3,(H,13,14). The number of furan rings is 1. The molecule has 1 unspecified atom stereocenters. The van der Waals surface area contributed by atoms with Crippen LogP contribution < -0.4 is 5.32 Å². The average molecular weight is 211 g/mol. The van der Waals surface area contributed by atoms with Crippen LogP contribution in [0, 0.1) is 5.41 Å². The van der Waals surface area contributed by atoms with Gasteiger partial charge < -0.3 is 14.8 Å². The molecule has 1 aromatic rings. The number of carbonyl (C=O) groups is 1. The van der Waals surface area contributed by atoms with E-state index in [2.05, 4.69) is 26.1 Å². The topological polar surface area (TPSA) is 62.5 Å². The van der Waals surface area contributed by atoms with Gasteiger partial charge in [0.25, 0.3) is 0 Å². The summed E-state index contributed by atoms with van der Waals surface area (Å²) < 4.78 is 5.10. The number of nitrogens with one attached hydrogen (secondary N) is 1. The Hall–Kier alpha value is -1.45. The van der Waals surface area contributed by atoms with Crippen LogP contribution in [0.3, 0.4) is 0 Å². The summed E-state index contributed by atoms with van der Waals surface area (Å²) in [5.74, 6) is -0.597. The molecule has 0 fully saturated rings. The lowest BCUT2D eigenvalue weighted by Gasteiger charge is -2.27. The van der Waals surface area contributed by atoms with Gasteiger partial charge in [0, 0.05) is 12.1 Å². The molecule has 0 bridgehead atoms. The second kappa shape index (κ2) is 3.96. The fraction of sp³-hybridized carbons (Fsp3) is 0.545. The van der Waals surface area contributed by atoms with E-state index in [1.807, 2.05) is 6.92 Å². The summed E-state index contributed by atoms with van der Waals surface area (Å²) in [6.07, 6.45) is 0. The highest BCUT2D eigenvalue weighted by Crippen LogP contribution is 2.23. The van der Waals surface area contributed by atoms with Crippen molar-refractivity contribution in [1.29, 1.82) is 0 Å². The van der Waals surface area contributed by atoms with E-state index >= 15 is 0 Å². The highest BCUT2D eigenvalue weighted by molar-refractivity contribution is 5.84. The summed E-state index contributed by atoms with van der Waals surface area (Å²) >= 11 is 0. The predicted octanol–water partition coefficient (Wildman–Crippen LogP) is 2.82. The molecule has 2 N–H and O–H groups in total. The Morgan fingerprint density at radius 1 is 1.47 bits per heavy atom. The van der Waals surface area contributed by atoms with Crippen molar-refractivity contribution in [3.05, 3.63) is 17.9 Å². The first-order valence-corrected chi connectivity index (χ1v) is 4.90. The van der Waals surface area contributed by atoms with Crippen molar-refractivity contribution in [2.24, 2.45) is 5.41 Å². The van der Waals surface area contributed by atoms with Crippen LogP contribution in [-0.2, 0) is 0 Å². The molecule has 15 heavy (non-hydrogen) atoms. The number of carboxylic acids is 1. The molecule has 84 valence electrons. The van der Waals surface area contributed by atoms with Gasteiger partial charge in [-0.25, -0.2) is 4.79 Å². The smallest absolute Gasteiger partial charge is 0.371 e. The number of anilines is 1. The molecule has 0 saturated heterocycles. The number of rotatable bonds is 3. The molecule has 1 rings (SSSR count). The molecular formula is C11H17NO3. The minimum Gasteiger partial charge on any atom is -0.475 e. The molecule has 0 aliphatic heterocycles. The lowest BCUT2D eigenvalue weighted by Crippen LogP contribution is -2.30. The Kier molecular flexibility index (Phi) is 3.07. The van der Waals surface area contributed by atoms with Gasteiger partial charge in [-0.1, -0.05) is 20.8 Å². The molecule has 0 radical (unpaired) electrons. The molecule has 0 aliphatic carbocycles. The zero-order valence-corrected chi connectivity index (χ0v) is 9.50. The van der Waals surface area contributed by atoms with E-state index in [9.17, 15) is 4.79 Å². The van der Waals surface area contributed by atoms with E-state index < -0.39 is 5.97 Å². The number of hydrogen-bond acceptors (Lipinski definition) is 3. The molecule has 1 heterocycles. The zero-order chi connectivity index (χ0) is 11.6.